The monoisotopic (exact) mass is 272 g/mol. The highest BCUT2D eigenvalue weighted by atomic mass is 16.2. The molecule has 1 aliphatic heterocycles. The summed E-state index contributed by atoms with van der Waals surface area (Å²) in [7, 11) is 0. The first-order valence-electron chi connectivity index (χ1n) is 7.84. The van der Waals surface area contributed by atoms with Gasteiger partial charge in [0, 0.05) is 12.6 Å². The summed E-state index contributed by atoms with van der Waals surface area (Å²) in [5.74, 6) is 0.279. The number of carbonyl (C=O) groups excluding carboxylic acids is 1. The molecular weight excluding hydrogens is 248 g/mol. The summed E-state index contributed by atoms with van der Waals surface area (Å²) in [6.45, 7) is 2.01. The first kappa shape index (κ1) is 13.6. The number of hydrogen-bond donors (Lipinski definition) is 2. The minimum Gasteiger partial charge on any atom is -0.352 e. The largest absolute Gasteiger partial charge is 0.352 e. The highest BCUT2D eigenvalue weighted by molar-refractivity contribution is 5.84. The van der Waals surface area contributed by atoms with E-state index in [1.165, 1.54) is 12.0 Å². The van der Waals surface area contributed by atoms with E-state index in [0.717, 1.165) is 45.2 Å². The van der Waals surface area contributed by atoms with Crippen molar-refractivity contribution in [3.8, 4) is 0 Å². The van der Waals surface area contributed by atoms with Crippen molar-refractivity contribution in [2.75, 3.05) is 13.1 Å². The third kappa shape index (κ3) is 2.88. The van der Waals surface area contributed by atoms with Crippen molar-refractivity contribution in [3.63, 3.8) is 0 Å². The standard InChI is InChI=1S/C17H24N2O/c20-16(19-15-8-4-11-18-13-15)17(9-5-10-17)12-14-6-2-1-3-7-14/h1-3,6-7,15,18H,4-5,8-13H2,(H,19,20). The molecular formula is C17H24N2O. The Morgan fingerprint density at radius 2 is 2.05 bits per heavy atom. The van der Waals surface area contributed by atoms with E-state index >= 15 is 0 Å². The molecule has 2 N–H and O–H groups in total. The van der Waals surface area contributed by atoms with Crippen molar-refractivity contribution in [1.82, 2.24) is 10.6 Å². The molecule has 2 fully saturated rings. The zero-order chi connectivity index (χ0) is 13.8. The average molecular weight is 272 g/mol. The van der Waals surface area contributed by atoms with Gasteiger partial charge in [-0.15, -0.1) is 0 Å². The zero-order valence-electron chi connectivity index (χ0n) is 12.0. The maximum atomic E-state index is 12.7. The van der Waals surface area contributed by atoms with Crippen LogP contribution in [0, 0.1) is 5.41 Å². The van der Waals surface area contributed by atoms with Crippen molar-refractivity contribution in [2.24, 2.45) is 5.41 Å². The second-order valence-electron chi connectivity index (χ2n) is 6.31. The topological polar surface area (TPSA) is 41.1 Å². The summed E-state index contributed by atoms with van der Waals surface area (Å²) in [6.07, 6.45) is 6.42. The summed E-state index contributed by atoms with van der Waals surface area (Å²) < 4.78 is 0. The molecule has 1 aromatic rings. The van der Waals surface area contributed by atoms with Crippen molar-refractivity contribution in [3.05, 3.63) is 35.9 Å². The lowest BCUT2D eigenvalue weighted by molar-refractivity contribution is -0.136. The van der Waals surface area contributed by atoms with Crippen LogP contribution in [0.4, 0.5) is 0 Å². The third-order valence-corrected chi connectivity index (χ3v) is 4.81. The lowest BCUT2D eigenvalue weighted by atomic mass is 9.64. The molecule has 0 bridgehead atoms. The summed E-state index contributed by atoms with van der Waals surface area (Å²) >= 11 is 0. The zero-order valence-corrected chi connectivity index (χ0v) is 12.0. The number of nitrogens with one attached hydrogen (secondary N) is 2. The molecule has 20 heavy (non-hydrogen) atoms. The quantitative estimate of drug-likeness (QED) is 0.883. The van der Waals surface area contributed by atoms with Gasteiger partial charge in [0.2, 0.25) is 5.91 Å². The van der Waals surface area contributed by atoms with Gasteiger partial charge in [0.15, 0.2) is 0 Å². The lowest BCUT2D eigenvalue weighted by Crippen LogP contribution is -2.53. The van der Waals surface area contributed by atoms with Crippen LogP contribution in [-0.2, 0) is 11.2 Å². The Labute approximate surface area is 121 Å². The van der Waals surface area contributed by atoms with Crippen molar-refractivity contribution < 1.29 is 4.79 Å². The van der Waals surface area contributed by atoms with Crippen LogP contribution < -0.4 is 10.6 Å². The molecule has 1 unspecified atom stereocenters. The molecule has 1 atom stereocenters. The minimum atomic E-state index is -0.140. The molecule has 108 valence electrons. The van der Waals surface area contributed by atoms with Crippen LogP contribution in [0.3, 0.4) is 0 Å². The second-order valence-corrected chi connectivity index (χ2v) is 6.31. The molecule has 3 nitrogen and oxygen atoms in total. The lowest BCUT2D eigenvalue weighted by Gasteiger charge is -2.42. The molecule has 1 amide bonds. The first-order valence-corrected chi connectivity index (χ1v) is 7.84. The molecule has 3 heteroatoms. The van der Waals surface area contributed by atoms with Crippen LogP contribution in [0.15, 0.2) is 30.3 Å². The smallest absolute Gasteiger partial charge is 0.226 e. The summed E-state index contributed by atoms with van der Waals surface area (Å²) in [6, 6.07) is 10.7. The van der Waals surface area contributed by atoms with Crippen LogP contribution in [0.2, 0.25) is 0 Å². The fourth-order valence-corrected chi connectivity index (χ4v) is 3.39. The summed E-state index contributed by atoms with van der Waals surface area (Å²) in [4.78, 5) is 12.7. The van der Waals surface area contributed by atoms with Crippen LogP contribution in [0.25, 0.3) is 0 Å². The van der Waals surface area contributed by atoms with Gasteiger partial charge in [0.05, 0.1) is 5.41 Å². The molecule has 0 aromatic heterocycles. The van der Waals surface area contributed by atoms with E-state index in [4.69, 9.17) is 0 Å². The number of benzene rings is 1. The summed E-state index contributed by atoms with van der Waals surface area (Å²) in [5, 5.41) is 6.64. The molecule has 1 saturated carbocycles. The van der Waals surface area contributed by atoms with Crippen LogP contribution >= 0.6 is 0 Å². The van der Waals surface area contributed by atoms with E-state index in [1.54, 1.807) is 0 Å². The van der Waals surface area contributed by atoms with Crippen LogP contribution in [0.1, 0.15) is 37.7 Å². The van der Waals surface area contributed by atoms with E-state index in [0.29, 0.717) is 6.04 Å². The van der Waals surface area contributed by atoms with E-state index < -0.39 is 0 Å². The molecule has 3 rings (SSSR count). The molecule has 0 spiro atoms. The molecule has 0 radical (unpaired) electrons. The van der Waals surface area contributed by atoms with Gasteiger partial charge in [-0.1, -0.05) is 36.8 Å². The Balaban J connectivity index is 1.64. The number of hydrogen-bond acceptors (Lipinski definition) is 2. The van der Waals surface area contributed by atoms with Gasteiger partial charge < -0.3 is 10.6 Å². The highest BCUT2D eigenvalue weighted by Crippen LogP contribution is 2.44. The van der Waals surface area contributed by atoms with E-state index in [9.17, 15) is 4.79 Å². The van der Waals surface area contributed by atoms with E-state index in [-0.39, 0.29) is 11.3 Å². The van der Waals surface area contributed by atoms with E-state index in [1.807, 2.05) is 6.07 Å². The van der Waals surface area contributed by atoms with Crippen molar-refractivity contribution >= 4 is 5.91 Å². The van der Waals surface area contributed by atoms with Gasteiger partial charge >= 0.3 is 0 Å². The summed E-state index contributed by atoms with van der Waals surface area (Å²) in [5.41, 5.74) is 1.14. The normalized spacial score (nSPS) is 24.7. The van der Waals surface area contributed by atoms with Gasteiger partial charge in [-0.25, -0.2) is 0 Å². The number of amides is 1. The third-order valence-electron chi connectivity index (χ3n) is 4.81. The van der Waals surface area contributed by atoms with Gasteiger partial charge in [-0.2, -0.15) is 0 Å². The van der Waals surface area contributed by atoms with Crippen LogP contribution in [-0.4, -0.2) is 25.0 Å². The number of rotatable bonds is 4. The molecule has 1 aromatic carbocycles. The van der Waals surface area contributed by atoms with Gasteiger partial charge in [-0.3, -0.25) is 4.79 Å². The van der Waals surface area contributed by atoms with Crippen molar-refractivity contribution in [1.29, 1.82) is 0 Å². The maximum Gasteiger partial charge on any atom is 0.226 e. The van der Waals surface area contributed by atoms with Gasteiger partial charge in [0.25, 0.3) is 0 Å². The van der Waals surface area contributed by atoms with E-state index in [2.05, 4.69) is 34.9 Å². The van der Waals surface area contributed by atoms with Crippen LogP contribution in [0.5, 0.6) is 0 Å². The Morgan fingerprint density at radius 1 is 1.25 bits per heavy atom. The molecule has 1 heterocycles. The number of carbonyl (C=O) groups is 1. The van der Waals surface area contributed by atoms with Gasteiger partial charge in [0.1, 0.15) is 0 Å². The Hall–Kier alpha value is -1.35. The first-order chi connectivity index (χ1) is 9.78. The van der Waals surface area contributed by atoms with Gasteiger partial charge in [-0.05, 0) is 44.2 Å². The molecule has 2 aliphatic rings. The Bertz CT molecular complexity index is 447. The molecule has 1 aliphatic carbocycles. The Morgan fingerprint density at radius 3 is 2.65 bits per heavy atom. The average Bonchev–Trinajstić information content (AvgIpc) is 2.45. The second kappa shape index (κ2) is 5.96. The predicted molar refractivity (Wildman–Crippen MR) is 80.5 cm³/mol. The SMILES string of the molecule is O=C(NC1CCCNC1)C1(Cc2ccccc2)CCC1. The fraction of sp³-hybridized carbons (Fsp3) is 0.588. The minimum absolute atomic E-state index is 0.140. The maximum absolute atomic E-state index is 12.7. The highest BCUT2D eigenvalue weighted by Gasteiger charge is 2.44. The fourth-order valence-electron chi connectivity index (χ4n) is 3.39. The molecule has 1 saturated heterocycles. The predicted octanol–water partition coefficient (Wildman–Crippen LogP) is 2.27. The number of piperidine rings is 1. The Kier molecular flexibility index (Phi) is 4.06. The van der Waals surface area contributed by atoms with Crippen molar-refractivity contribution in [2.45, 2.75) is 44.6 Å².